The summed E-state index contributed by atoms with van der Waals surface area (Å²) < 4.78 is 37.6. The Balaban J connectivity index is 1.89. The van der Waals surface area contributed by atoms with E-state index in [0.29, 0.717) is 22.4 Å². The monoisotopic (exact) mass is 419 g/mol. The highest BCUT2D eigenvalue weighted by Gasteiger charge is 2.20. The molecule has 156 valence electrons. The Labute approximate surface area is 171 Å². The summed E-state index contributed by atoms with van der Waals surface area (Å²) in [4.78, 5) is 24.3. The van der Waals surface area contributed by atoms with Crippen LogP contribution in [0.3, 0.4) is 0 Å². The summed E-state index contributed by atoms with van der Waals surface area (Å²) in [6.45, 7) is 4.78. The Hall–Kier alpha value is -2.71. The minimum atomic E-state index is -3.76. The van der Waals surface area contributed by atoms with Gasteiger partial charge in [-0.3, -0.25) is 9.59 Å². The molecule has 2 aromatic rings. The summed E-state index contributed by atoms with van der Waals surface area (Å²) in [5, 5.41) is 0. The number of Topliss-reactive ketones (excluding diaryl/α,β-unsaturated/α-hetero) is 1. The molecule has 0 atom stereocenters. The molecule has 0 bridgehead atoms. The normalized spacial score (nSPS) is 11.2. The third kappa shape index (κ3) is 5.88. The number of esters is 1. The first-order chi connectivity index (χ1) is 13.7. The van der Waals surface area contributed by atoms with Gasteiger partial charge in [0.2, 0.25) is 15.8 Å². The van der Waals surface area contributed by atoms with E-state index < -0.39 is 28.4 Å². The van der Waals surface area contributed by atoms with Crippen molar-refractivity contribution in [2.24, 2.45) is 0 Å². The molecule has 0 saturated heterocycles. The minimum Gasteiger partial charge on any atom is -0.496 e. The Bertz CT molecular complexity index is 991. The van der Waals surface area contributed by atoms with Crippen molar-refractivity contribution in [3.05, 3.63) is 58.7 Å². The molecule has 1 N–H and O–H groups in total. The quantitative estimate of drug-likeness (QED) is 0.496. The largest absolute Gasteiger partial charge is 0.496 e. The molecule has 29 heavy (non-hydrogen) atoms. The molecule has 0 spiro atoms. The van der Waals surface area contributed by atoms with Crippen LogP contribution in [0.4, 0.5) is 0 Å². The zero-order chi connectivity index (χ0) is 21.6. The number of sulfonamides is 1. The first-order valence-corrected chi connectivity index (χ1v) is 10.5. The van der Waals surface area contributed by atoms with Gasteiger partial charge in [0.05, 0.1) is 24.0 Å². The van der Waals surface area contributed by atoms with Crippen molar-refractivity contribution < 1.29 is 27.5 Å². The molecule has 0 aliphatic rings. The first kappa shape index (κ1) is 22.6. The molecule has 0 radical (unpaired) electrons. The number of para-hydroxylation sites is 1. The molecule has 0 unspecified atom stereocenters. The highest BCUT2D eigenvalue weighted by Crippen LogP contribution is 2.21. The number of ether oxygens (including phenoxy) is 2. The van der Waals surface area contributed by atoms with Crippen LogP contribution in [0.5, 0.6) is 5.75 Å². The maximum Gasteiger partial charge on any atom is 0.307 e. The second-order valence-corrected chi connectivity index (χ2v) is 8.36. The van der Waals surface area contributed by atoms with Crippen LogP contribution in [0, 0.1) is 20.8 Å². The Morgan fingerprint density at radius 2 is 1.66 bits per heavy atom. The molecule has 0 heterocycles. The maximum absolute atomic E-state index is 12.6. The van der Waals surface area contributed by atoms with Gasteiger partial charge < -0.3 is 9.47 Å². The number of carbonyl (C=O) groups is 2. The van der Waals surface area contributed by atoms with Gasteiger partial charge in [-0.1, -0.05) is 29.8 Å². The van der Waals surface area contributed by atoms with Crippen LogP contribution in [-0.4, -0.2) is 40.4 Å². The van der Waals surface area contributed by atoms with Crippen molar-refractivity contribution >= 4 is 21.8 Å². The molecule has 0 aliphatic heterocycles. The summed E-state index contributed by atoms with van der Waals surface area (Å²) >= 11 is 0. The van der Waals surface area contributed by atoms with Crippen LogP contribution < -0.4 is 9.46 Å². The molecule has 8 heteroatoms. The zero-order valence-electron chi connectivity index (χ0n) is 16.9. The van der Waals surface area contributed by atoms with Gasteiger partial charge in [-0.2, -0.15) is 0 Å². The number of benzene rings is 2. The Morgan fingerprint density at radius 1 is 1.03 bits per heavy atom. The van der Waals surface area contributed by atoms with Crippen LogP contribution in [-0.2, 0) is 19.6 Å². The molecule has 0 saturated carbocycles. The van der Waals surface area contributed by atoms with Crippen molar-refractivity contribution in [3.63, 3.8) is 0 Å². The van der Waals surface area contributed by atoms with Crippen molar-refractivity contribution in [1.29, 1.82) is 0 Å². The van der Waals surface area contributed by atoms with Crippen LogP contribution in [0.1, 0.15) is 33.5 Å². The van der Waals surface area contributed by atoms with E-state index in [9.17, 15) is 18.0 Å². The van der Waals surface area contributed by atoms with E-state index in [-0.39, 0.29) is 17.9 Å². The van der Waals surface area contributed by atoms with Crippen LogP contribution in [0.2, 0.25) is 0 Å². The molecule has 0 aliphatic carbocycles. The first-order valence-electron chi connectivity index (χ1n) is 9.05. The average Bonchev–Trinajstić information content (AvgIpc) is 2.64. The Kier molecular flexibility index (Phi) is 7.53. The number of hydrogen-bond donors (Lipinski definition) is 1. The second-order valence-electron chi connectivity index (χ2n) is 6.66. The number of hydrogen-bond acceptors (Lipinski definition) is 6. The molecule has 0 fully saturated rings. The van der Waals surface area contributed by atoms with E-state index in [4.69, 9.17) is 9.47 Å². The van der Waals surface area contributed by atoms with Gasteiger partial charge in [-0.05, 0) is 44.0 Å². The van der Waals surface area contributed by atoms with E-state index in [0.717, 1.165) is 5.56 Å². The van der Waals surface area contributed by atoms with E-state index >= 15 is 0 Å². The van der Waals surface area contributed by atoms with Gasteiger partial charge in [0.15, 0.2) is 6.61 Å². The predicted octanol–water partition coefficient (Wildman–Crippen LogP) is 2.71. The molecule has 2 aromatic carbocycles. The van der Waals surface area contributed by atoms with Crippen molar-refractivity contribution in [1.82, 2.24) is 4.72 Å². The van der Waals surface area contributed by atoms with Gasteiger partial charge in [-0.15, -0.1) is 0 Å². The van der Waals surface area contributed by atoms with E-state index in [1.54, 1.807) is 50.2 Å². The molecule has 2 rings (SSSR count). The van der Waals surface area contributed by atoms with Gasteiger partial charge in [0.25, 0.3) is 0 Å². The van der Waals surface area contributed by atoms with Crippen LogP contribution >= 0.6 is 0 Å². The highest BCUT2D eigenvalue weighted by atomic mass is 32.2. The smallest absolute Gasteiger partial charge is 0.307 e. The van der Waals surface area contributed by atoms with Crippen LogP contribution in [0.15, 0.2) is 41.3 Å². The number of methoxy groups -OCH3 is 1. The molecular formula is C21H25NO6S. The topological polar surface area (TPSA) is 98.8 Å². The molecule has 0 amide bonds. The fraction of sp³-hybridized carbons (Fsp3) is 0.333. The van der Waals surface area contributed by atoms with Gasteiger partial charge in [-0.25, -0.2) is 13.1 Å². The van der Waals surface area contributed by atoms with E-state index in [1.165, 1.54) is 7.11 Å². The second kappa shape index (κ2) is 9.67. The number of nitrogens with one attached hydrogen (secondary N) is 1. The maximum atomic E-state index is 12.6. The lowest BCUT2D eigenvalue weighted by Crippen LogP contribution is -2.28. The number of aryl methyl sites for hydroxylation is 3. The van der Waals surface area contributed by atoms with Gasteiger partial charge in [0, 0.05) is 6.54 Å². The summed E-state index contributed by atoms with van der Waals surface area (Å²) in [5.41, 5.74) is 2.57. The molecule has 0 aromatic heterocycles. The SMILES string of the molecule is COc1ccccc1C(=O)COC(=O)CCNS(=O)(=O)c1c(C)cc(C)cc1C. The predicted molar refractivity (Wildman–Crippen MR) is 109 cm³/mol. The third-order valence-electron chi connectivity index (χ3n) is 4.27. The molecule has 7 nitrogen and oxygen atoms in total. The lowest BCUT2D eigenvalue weighted by molar-refractivity contribution is -0.142. The zero-order valence-corrected chi connectivity index (χ0v) is 17.8. The number of carbonyl (C=O) groups excluding carboxylic acids is 2. The molecular weight excluding hydrogens is 394 g/mol. The fourth-order valence-corrected chi connectivity index (χ4v) is 4.60. The summed E-state index contributed by atoms with van der Waals surface area (Å²) in [6.07, 6.45) is -0.192. The Morgan fingerprint density at radius 3 is 2.28 bits per heavy atom. The summed E-state index contributed by atoms with van der Waals surface area (Å²) in [5.74, 6) is -0.680. The van der Waals surface area contributed by atoms with Gasteiger partial charge in [0.1, 0.15) is 5.75 Å². The van der Waals surface area contributed by atoms with Crippen LogP contribution in [0.25, 0.3) is 0 Å². The summed E-state index contributed by atoms with van der Waals surface area (Å²) in [6, 6.07) is 10.2. The average molecular weight is 419 g/mol. The standard InChI is InChI=1S/C21H25NO6S/c1-14-11-15(2)21(16(3)12-14)29(25,26)22-10-9-20(24)28-13-18(23)17-7-5-6-8-19(17)27-4/h5-8,11-12,22H,9-10,13H2,1-4H3. The number of rotatable bonds is 9. The van der Waals surface area contributed by atoms with Crippen molar-refractivity contribution in [2.75, 3.05) is 20.3 Å². The van der Waals surface area contributed by atoms with Gasteiger partial charge >= 0.3 is 5.97 Å². The summed E-state index contributed by atoms with van der Waals surface area (Å²) in [7, 11) is -2.31. The van der Waals surface area contributed by atoms with Crippen molar-refractivity contribution in [3.8, 4) is 5.75 Å². The lowest BCUT2D eigenvalue weighted by Gasteiger charge is -2.13. The fourth-order valence-electron chi connectivity index (χ4n) is 3.12. The lowest BCUT2D eigenvalue weighted by atomic mass is 10.1. The van der Waals surface area contributed by atoms with E-state index in [2.05, 4.69) is 4.72 Å². The minimum absolute atomic E-state index is 0.128. The highest BCUT2D eigenvalue weighted by molar-refractivity contribution is 7.89. The number of ketones is 1. The van der Waals surface area contributed by atoms with Crippen molar-refractivity contribution in [2.45, 2.75) is 32.1 Å². The van der Waals surface area contributed by atoms with E-state index in [1.807, 2.05) is 6.92 Å². The third-order valence-corrected chi connectivity index (χ3v) is 6.03.